The summed E-state index contributed by atoms with van der Waals surface area (Å²) in [4.78, 5) is 11.4. The molecule has 1 saturated heterocycles. The third-order valence-electron chi connectivity index (χ3n) is 4.26. The summed E-state index contributed by atoms with van der Waals surface area (Å²) in [7, 11) is 0. The quantitative estimate of drug-likeness (QED) is 0.917. The Bertz CT molecular complexity index is 784. The second kappa shape index (κ2) is 5.71. The molecule has 0 saturated carbocycles. The molecule has 0 radical (unpaired) electrons. The largest absolute Gasteiger partial charge is 0.322 e. The molecular weight excluding hydrogens is 296 g/mol. The fourth-order valence-corrected chi connectivity index (χ4v) is 3.39. The lowest BCUT2D eigenvalue weighted by molar-refractivity contribution is 0.483. The van der Waals surface area contributed by atoms with Crippen molar-refractivity contribution >= 4 is 23.5 Å². The van der Waals surface area contributed by atoms with Gasteiger partial charge in [-0.15, -0.1) is 0 Å². The molecule has 0 spiro atoms. The molecule has 1 fully saturated rings. The Labute approximate surface area is 134 Å². The van der Waals surface area contributed by atoms with Crippen LogP contribution in [0.4, 0.5) is 5.69 Å². The van der Waals surface area contributed by atoms with Crippen LogP contribution in [0.3, 0.4) is 0 Å². The highest BCUT2D eigenvalue weighted by Gasteiger charge is 2.30. The molecule has 4 nitrogen and oxygen atoms in total. The van der Waals surface area contributed by atoms with Gasteiger partial charge in [0.25, 0.3) is 0 Å². The van der Waals surface area contributed by atoms with E-state index >= 15 is 0 Å². The van der Waals surface area contributed by atoms with E-state index in [4.69, 9.17) is 16.6 Å². The monoisotopic (exact) mass is 312 g/mol. The van der Waals surface area contributed by atoms with Crippen molar-refractivity contribution < 1.29 is 0 Å². The maximum atomic E-state index is 6.35. The van der Waals surface area contributed by atoms with Crippen LogP contribution in [0.15, 0.2) is 47.7 Å². The Kier molecular flexibility index (Phi) is 3.56. The van der Waals surface area contributed by atoms with E-state index < -0.39 is 0 Å². The maximum absolute atomic E-state index is 6.35. The molecule has 0 aliphatic carbocycles. The Morgan fingerprint density at radius 2 is 2.18 bits per heavy atom. The van der Waals surface area contributed by atoms with Crippen LogP contribution in [0.5, 0.6) is 0 Å². The molecule has 2 aliphatic heterocycles. The number of nitrogens with zero attached hydrogens (tertiary/aromatic N) is 3. The average Bonchev–Trinajstić information content (AvgIpc) is 3.09. The van der Waals surface area contributed by atoms with E-state index in [1.807, 2.05) is 30.5 Å². The molecule has 1 N–H and O–H groups in total. The van der Waals surface area contributed by atoms with Crippen LogP contribution in [0.25, 0.3) is 6.20 Å². The summed E-state index contributed by atoms with van der Waals surface area (Å²) in [5, 5.41) is 6.23. The highest BCUT2D eigenvalue weighted by Crippen LogP contribution is 2.23. The first-order valence-corrected chi connectivity index (χ1v) is 7.97. The SMILES string of the molecule is Clc1cccc2c1=CN(c1cccnc1)[C@H](C1CCCN1)N=2. The third-order valence-corrected chi connectivity index (χ3v) is 4.59. The van der Waals surface area contributed by atoms with E-state index in [1.54, 1.807) is 6.20 Å². The highest BCUT2D eigenvalue weighted by molar-refractivity contribution is 6.30. The lowest BCUT2D eigenvalue weighted by atomic mass is 10.1. The van der Waals surface area contributed by atoms with Crippen molar-refractivity contribution in [3.05, 3.63) is 58.3 Å². The zero-order valence-electron chi connectivity index (χ0n) is 12.1. The number of fused-ring (bicyclic) bond motifs is 1. The van der Waals surface area contributed by atoms with E-state index in [0.717, 1.165) is 34.3 Å². The van der Waals surface area contributed by atoms with E-state index in [9.17, 15) is 0 Å². The summed E-state index contributed by atoms with van der Waals surface area (Å²) >= 11 is 6.35. The minimum Gasteiger partial charge on any atom is -0.322 e. The Morgan fingerprint density at radius 3 is 2.95 bits per heavy atom. The molecule has 2 aromatic rings. The normalized spacial score (nSPS) is 23.6. The van der Waals surface area contributed by atoms with Gasteiger partial charge in [-0.1, -0.05) is 17.7 Å². The van der Waals surface area contributed by atoms with Crippen molar-refractivity contribution in [2.75, 3.05) is 11.4 Å². The lowest BCUT2D eigenvalue weighted by Crippen LogP contribution is -2.50. The van der Waals surface area contributed by atoms with E-state index in [0.29, 0.717) is 6.04 Å². The molecule has 2 atom stereocenters. The lowest BCUT2D eigenvalue weighted by Gasteiger charge is -2.33. The fraction of sp³-hybridized carbons (Fsp3) is 0.294. The van der Waals surface area contributed by atoms with Crippen molar-refractivity contribution in [3.8, 4) is 0 Å². The number of anilines is 1. The molecule has 0 amide bonds. The molecule has 22 heavy (non-hydrogen) atoms. The number of hydrogen-bond donors (Lipinski definition) is 1. The van der Waals surface area contributed by atoms with Crippen LogP contribution in [-0.4, -0.2) is 23.7 Å². The van der Waals surface area contributed by atoms with Crippen molar-refractivity contribution in [1.29, 1.82) is 0 Å². The van der Waals surface area contributed by atoms with Crippen LogP contribution in [-0.2, 0) is 0 Å². The summed E-state index contributed by atoms with van der Waals surface area (Å²) < 4.78 is 0. The summed E-state index contributed by atoms with van der Waals surface area (Å²) in [6.07, 6.45) is 8.13. The van der Waals surface area contributed by atoms with Gasteiger partial charge >= 0.3 is 0 Å². The molecular formula is C17H17ClN4. The van der Waals surface area contributed by atoms with E-state index in [-0.39, 0.29) is 6.17 Å². The Morgan fingerprint density at radius 1 is 1.23 bits per heavy atom. The summed E-state index contributed by atoms with van der Waals surface area (Å²) in [5.41, 5.74) is 1.04. The van der Waals surface area contributed by atoms with Gasteiger partial charge in [0.2, 0.25) is 0 Å². The molecule has 1 unspecified atom stereocenters. The van der Waals surface area contributed by atoms with Gasteiger partial charge in [-0.2, -0.15) is 0 Å². The minimum atomic E-state index is 0.0395. The van der Waals surface area contributed by atoms with Crippen molar-refractivity contribution in [2.45, 2.75) is 25.0 Å². The Balaban J connectivity index is 1.87. The van der Waals surface area contributed by atoms with Crippen molar-refractivity contribution in [2.24, 2.45) is 4.99 Å². The molecule has 5 heteroatoms. The van der Waals surface area contributed by atoms with Gasteiger partial charge in [-0.05, 0) is 43.7 Å². The van der Waals surface area contributed by atoms with Crippen LogP contribution in [0.2, 0.25) is 5.02 Å². The van der Waals surface area contributed by atoms with Gasteiger partial charge in [-0.3, -0.25) is 9.98 Å². The average molecular weight is 313 g/mol. The summed E-state index contributed by atoms with van der Waals surface area (Å²) in [5.74, 6) is 0. The molecule has 3 heterocycles. The molecule has 112 valence electrons. The van der Waals surface area contributed by atoms with Crippen LogP contribution in [0.1, 0.15) is 12.8 Å². The molecule has 4 rings (SSSR count). The summed E-state index contributed by atoms with van der Waals surface area (Å²) in [6, 6.07) is 10.2. The van der Waals surface area contributed by atoms with Gasteiger partial charge in [-0.25, -0.2) is 0 Å². The van der Waals surface area contributed by atoms with Gasteiger partial charge in [0.15, 0.2) is 0 Å². The number of pyridine rings is 1. The number of nitrogens with one attached hydrogen (secondary N) is 1. The number of rotatable bonds is 2. The standard InChI is InChI=1S/C17H17ClN4/c18-14-5-1-6-15-13(14)11-22(12-4-2-8-19-10-12)17(21-15)16-7-3-9-20-16/h1-2,4-6,8,10-11,16-17,20H,3,7,9H2/t16?,17-/m1/s1. The topological polar surface area (TPSA) is 40.5 Å². The van der Waals surface area contributed by atoms with Crippen LogP contribution < -0.4 is 20.8 Å². The van der Waals surface area contributed by atoms with Gasteiger partial charge in [0, 0.05) is 23.7 Å². The predicted octanol–water partition coefficient (Wildman–Crippen LogP) is 1.69. The second-order valence-corrected chi connectivity index (χ2v) is 6.07. The minimum absolute atomic E-state index is 0.0395. The van der Waals surface area contributed by atoms with Gasteiger partial charge in [0.1, 0.15) is 6.17 Å². The first-order valence-electron chi connectivity index (χ1n) is 7.59. The van der Waals surface area contributed by atoms with Gasteiger partial charge < -0.3 is 10.2 Å². The first-order chi connectivity index (χ1) is 10.8. The molecule has 2 aliphatic rings. The zero-order chi connectivity index (χ0) is 14.9. The van der Waals surface area contributed by atoms with E-state index in [2.05, 4.69) is 27.5 Å². The molecule has 0 bridgehead atoms. The van der Waals surface area contributed by atoms with Crippen LogP contribution in [0, 0.1) is 0 Å². The smallest absolute Gasteiger partial charge is 0.141 e. The fourth-order valence-electron chi connectivity index (χ4n) is 3.17. The number of aromatic nitrogens is 1. The van der Waals surface area contributed by atoms with Gasteiger partial charge in [0.05, 0.1) is 22.3 Å². The molecule has 1 aromatic heterocycles. The predicted molar refractivity (Wildman–Crippen MR) is 88.2 cm³/mol. The number of hydrogen-bond acceptors (Lipinski definition) is 4. The highest BCUT2D eigenvalue weighted by atomic mass is 35.5. The Hall–Kier alpha value is -1.91. The zero-order valence-corrected chi connectivity index (χ0v) is 12.9. The number of halogens is 1. The molecule has 1 aromatic carbocycles. The maximum Gasteiger partial charge on any atom is 0.141 e. The van der Waals surface area contributed by atoms with Crippen LogP contribution >= 0.6 is 11.6 Å². The van der Waals surface area contributed by atoms with Crippen molar-refractivity contribution in [1.82, 2.24) is 10.3 Å². The third kappa shape index (κ3) is 2.38. The van der Waals surface area contributed by atoms with E-state index in [1.165, 1.54) is 6.42 Å². The second-order valence-electron chi connectivity index (χ2n) is 5.67. The number of benzene rings is 1. The van der Waals surface area contributed by atoms with Crippen molar-refractivity contribution in [3.63, 3.8) is 0 Å². The first kappa shape index (κ1) is 13.7. The summed E-state index contributed by atoms with van der Waals surface area (Å²) in [6.45, 7) is 1.06.